The molecule has 0 aliphatic carbocycles. The highest BCUT2D eigenvalue weighted by Gasteiger charge is 2.47. The Hall–Kier alpha value is -0.760. The molecule has 0 fully saturated rings. The molecule has 20 heavy (non-hydrogen) atoms. The van der Waals surface area contributed by atoms with Crippen LogP contribution in [0.2, 0.25) is 0 Å². The molecule has 0 N–H and O–H groups in total. The van der Waals surface area contributed by atoms with E-state index in [4.69, 9.17) is 4.74 Å². The minimum atomic E-state index is -0.137. The summed E-state index contributed by atoms with van der Waals surface area (Å²) >= 11 is 2.94. The smallest absolute Gasteiger partial charge is 0.126 e. The van der Waals surface area contributed by atoms with Crippen LogP contribution in [0.1, 0.15) is 54.0 Å². The van der Waals surface area contributed by atoms with Crippen LogP contribution in [0.25, 0.3) is 5.76 Å². The number of ether oxygens (including phenoxy) is 1. The van der Waals surface area contributed by atoms with Crippen molar-refractivity contribution in [3.05, 3.63) is 41.5 Å². The van der Waals surface area contributed by atoms with Gasteiger partial charge in [-0.05, 0) is 32.2 Å². The summed E-state index contributed by atoms with van der Waals surface area (Å²) in [5.74, 6) is 2.86. The van der Waals surface area contributed by atoms with E-state index in [0.29, 0.717) is 0 Å². The Morgan fingerprint density at radius 2 is 1.35 bits per heavy atom. The molecule has 1 nitrogen and oxygen atoms in total. The van der Waals surface area contributed by atoms with Gasteiger partial charge < -0.3 is 4.74 Å². The number of benzene rings is 1. The van der Waals surface area contributed by atoms with Crippen molar-refractivity contribution in [2.75, 3.05) is 5.83 Å². The molecule has 1 heterocycles. The molecule has 1 aromatic rings. The van der Waals surface area contributed by atoms with Gasteiger partial charge in [0.15, 0.2) is 0 Å². The van der Waals surface area contributed by atoms with E-state index >= 15 is 0 Å². The molecular formula is C18H29BrO. The first-order chi connectivity index (χ1) is 9.36. The van der Waals surface area contributed by atoms with Crippen molar-refractivity contribution in [1.82, 2.24) is 0 Å². The average molecular weight is 341 g/mol. The standard InChI is InChI=1S/C15H20O.C2H6.CH3Br/c1-11-13(12-9-7-6-8-10-12)16-15(4,5)14(11,2)3;2*1-2/h6-10H,1-5H3;1-2H3;1H3. The fraction of sp³-hybridized carbons (Fsp3) is 0.556. The predicted octanol–water partition coefficient (Wildman–Crippen LogP) is 6.29. The third-order valence-electron chi connectivity index (χ3n) is 4.18. The highest BCUT2D eigenvalue weighted by Crippen LogP contribution is 2.51. The molecule has 1 aliphatic rings. The Bertz CT molecular complexity index is 430. The molecule has 0 spiro atoms. The van der Waals surface area contributed by atoms with Crippen LogP contribution in [-0.4, -0.2) is 11.4 Å². The van der Waals surface area contributed by atoms with Crippen LogP contribution in [0.4, 0.5) is 0 Å². The minimum Gasteiger partial charge on any atom is -0.486 e. The van der Waals surface area contributed by atoms with Gasteiger partial charge in [-0.15, -0.1) is 0 Å². The SMILES string of the molecule is CBr.CC.CC1=C(c2ccccc2)OC(C)(C)C1(C)C. The fourth-order valence-electron chi connectivity index (χ4n) is 2.06. The summed E-state index contributed by atoms with van der Waals surface area (Å²) in [4.78, 5) is 0. The second kappa shape index (κ2) is 7.87. The highest BCUT2D eigenvalue weighted by atomic mass is 79.9. The molecule has 114 valence electrons. The summed E-state index contributed by atoms with van der Waals surface area (Å²) in [6.07, 6.45) is 0. The van der Waals surface area contributed by atoms with E-state index in [1.807, 2.05) is 25.7 Å². The predicted molar refractivity (Wildman–Crippen MR) is 94.2 cm³/mol. The third kappa shape index (κ3) is 3.66. The number of halogens is 1. The summed E-state index contributed by atoms with van der Waals surface area (Å²) in [5.41, 5.74) is 2.46. The Labute approximate surface area is 133 Å². The van der Waals surface area contributed by atoms with Crippen molar-refractivity contribution in [3.63, 3.8) is 0 Å². The fourth-order valence-corrected chi connectivity index (χ4v) is 2.06. The van der Waals surface area contributed by atoms with Crippen LogP contribution < -0.4 is 0 Å². The Kier molecular flexibility index (Phi) is 7.57. The van der Waals surface area contributed by atoms with Gasteiger partial charge in [0, 0.05) is 11.0 Å². The van der Waals surface area contributed by atoms with E-state index in [1.165, 1.54) is 11.1 Å². The summed E-state index contributed by atoms with van der Waals surface area (Å²) in [5, 5.41) is 0. The van der Waals surface area contributed by atoms with Gasteiger partial charge in [-0.3, -0.25) is 0 Å². The number of hydrogen-bond donors (Lipinski definition) is 0. The van der Waals surface area contributed by atoms with Crippen molar-refractivity contribution in [3.8, 4) is 0 Å². The Morgan fingerprint density at radius 3 is 1.70 bits per heavy atom. The summed E-state index contributed by atoms with van der Waals surface area (Å²) in [6.45, 7) is 15.0. The molecule has 0 saturated heterocycles. The Morgan fingerprint density at radius 1 is 0.900 bits per heavy atom. The molecule has 0 radical (unpaired) electrons. The lowest BCUT2D eigenvalue weighted by Gasteiger charge is -2.34. The maximum atomic E-state index is 6.14. The molecule has 0 atom stereocenters. The summed E-state index contributed by atoms with van der Waals surface area (Å²) < 4.78 is 6.14. The van der Waals surface area contributed by atoms with Crippen LogP contribution in [-0.2, 0) is 4.74 Å². The van der Waals surface area contributed by atoms with E-state index < -0.39 is 0 Å². The molecule has 0 aromatic heterocycles. The Balaban J connectivity index is 0.000000829. The lowest BCUT2D eigenvalue weighted by Crippen LogP contribution is -2.36. The maximum absolute atomic E-state index is 6.14. The van der Waals surface area contributed by atoms with Crippen molar-refractivity contribution < 1.29 is 4.74 Å². The molecule has 0 unspecified atom stereocenters. The highest BCUT2D eigenvalue weighted by molar-refractivity contribution is 9.08. The number of hydrogen-bond acceptors (Lipinski definition) is 1. The van der Waals surface area contributed by atoms with E-state index in [0.717, 1.165) is 5.76 Å². The summed E-state index contributed by atoms with van der Waals surface area (Å²) in [7, 11) is 0. The summed E-state index contributed by atoms with van der Waals surface area (Å²) in [6, 6.07) is 10.4. The molecule has 0 saturated carbocycles. The van der Waals surface area contributed by atoms with E-state index in [9.17, 15) is 0 Å². The largest absolute Gasteiger partial charge is 0.486 e. The second-order valence-electron chi connectivity index (χ2n) is 5.56. The molecule has 1 aromatic carbocycles. The van der Waals surface area contributed by atoms with E-state index in [-0.39, 0.29) is 11.0 Å². The van der Waals surface area contributed by atoms with Gasteiger partial charge in [0.2, 0.25) is 0 Å². The normalized spacial score (nSPS) is 18.2. The van der Waals surface area contributed by atoms with Crippen LogP contribution in [0.3, 0.4) is 0 Å². The van der Waals surface area contributed by atoms with Crippen molar-refractivity contribution >= 4 is 21.7 Å². The topological polar surface area (TPSA) is 9.23 Å². The van der Waals surface area contributed by atoms with Crippen molar-refractivity contribution in [2.24, 2.45) is 5.41 Å². The average Bonchev–Trinajstić information content (AvgIpc) is 2.64. The molecule has 2 rings (SSSR count). The zero-order valence-corrected chi connectivity index (χ0v) is 15.8. The monoisotopic (exact) mass is 340 g/mol. The molecule has 0 bridgehead atoms. The van der Waals surface area contributed by atoms with Gasteiger partial charge in [0.25, 0.3) is 0 Å². The molecule has 1 aliphatic heterocycles. The number of alkyl halides is 1. The van der Waals surface area contributed by atoms with Gasteiger partial charge in [0.1, 0.15) is 11.4 Å². The lowest BCUT2D eigenvalue weighted by molar-refractivity contribution is 0.0162. The lowest BCUT2D eigenvalue weighted by atomic mass is 9.73. The number of rotatable bonds is 1. The quantitative estimate of drug-likeness (QED) is 0.545. The van der Waals surface area contributed by atoms with Gasteiger partial charge in [0.05, 0.1) is 0 Å². The first-order valence-corrected chi connectivity index (χ1v) is 8.78. The minimum absolute atomic E-state index is 0.0815. The van der Waals surface area contributed by atoms with Crippen LogP contribution >= 0.6 is 15.9 Å². The van der Waals surface area contributed by atoms with E-state index in [2.05, 4.69) is 74.8 Å². The van der Waals surface area contributed by atoms with Gasteiger partial charge in [-0.2, -0.15) is 0 Å². The van der Waals surface area contributed by atoms with Gasteiger partial charge >= 0.3 is 0 Å². The first kappa shape index (κ1) is 19.2. The third-order valence-corrected chi connectivity index (χ3v) is 4.18. The second-order valence-corrected chi connectivity index (χ2v) is 5.56. The zero-order valence-electron chi connectivity index (χ0n) is 14.2. The van der Waals surface area contributed by atoms with Crippen molar-refractivity contribution in [1.29, 1.82) is 0 Å². The van der Waals surface area contributed by atoms with Crippen molar-refractivity contribution in [2.45, 2.75) is 54.1 Å². The first-order valence-electron chi connectivity index (χ1n) is 7.20. The van der Waals surface area contributed by atoms with Crippen LogP contribution in [0.5, 0.6) is 0 Å². The molecule has 2 heteroatoms. The van der Waals surface area contributed by atoms with Gasteiger partial charge in [-0.1, -0.05) is 74.0 Å². The van der Waals surface area contributed by atoms with Crippen LogP contribution in [0, 0.1) is 5.41 Å². The zero-order chi connectivity index (χ0) is 16.0. The van der Waals surface area contributed by atoms with E-state index in [1.54, 1.807) is 0 Å². The van der Waals surface area contributed by atoms with Gasteiger partial charge in [-0.25, -0.2) is 0 Å². The van der Waals surface area contributed by atoms with Crippen LogP contribution in [0.15, 0.2) is 35.9 Å². The molecule has 0 amide bonds. The maximum Gasteiger partial charge on any atom is 0.126 e. The molecular weight excluding hydrogens is 312 g/mol.